The Morgan fingerprint density at radius 2 is 2.25 bits per heavy atom. The zero-order chi connectivity index (χ0) is 12.0. The third kappa shape index (κ3) is 3.69. The molecule has 1 rings (SSSR count). The molecular formula is C8H11ClN2O4S. The summed E-state index contributed by atoms with van der Waals surface area (Å²) >= 11 is 5.64. The summed E-state index contributed by atoms with van der Waals surface area (Å²) in [6, 6.07) is 2.80. The molecule has 0 atom stereocenters. The van der Waals surface area contributed by atoms with Crippen LogP contribution in [0.15, 0.2) is 23.2 Å². The fourth-order valence-corrected chi connectivity index (χ4v) is 2.15. The van der Waals surface area contributed by atoms with E-state index in [1.165, 1.54) is 25.4 Å². The summed E-state index contributed by atoms with van der Waals surface area (Å²) in [4.78, 5) is 10.1. The monoisotopic (exact) mass is 266 g/mol. The lowest BCUT2D eigenvalue weighted by Gasteiger charge is -2.07. The van der Waals surface area contributed by atoms with Gasteiger partial charge in [-0.3, -0.25) is 4.84 Å². The summed E-state index contributed by atoms with van der Waals surface area (Å²) in [6.07, 6.45) is 1.40. The molecule has 0 aliphatic rings. The Labute approximate surface area is 98.5 Å². The van der Waals surface area contributed by atoms with Gasteiger partial charge in [0, 0.05) is 13.3 Å². The van der Waals surface area contributed by atoms with Crippen molar-refractivity contribution >= 4 is 21.6 Å². The maximum atomic E-state index is 11.6. The van der Waals surface area contributed by atoms with Crippen molar-refractivity contribution in [1.82, 2.24) is 9.87 Å². The molecule has 1 heterocycles. The van der Waals surface area contributed by atoms with Crippen LogP contribution in [-0.2, 0) is 19.6 Å². The van der Waals surface area contributed by atoms with Crippen molar-refractivity contribution in [3.63, 3.8) is 0 Å². The molecule has 0 saturated heterocycles. The maximum absolute atomic E-state index is 11.6. The van der Waals surface area contributed by atoms with Crippen molar-refractivity contribution in [2.45, 2.75) is 4.90 Å². The smallest absolute Gasteiger partial charge is 0.265 e. The molecule has 8 heteroatoms. The number of halogens is 1. The van der Waals surface area contributed by atoms with Crippen LogP contribution in [0.2, 0.25) is 5.15 Å². The molecule has 0 bridgehead atoms. The number of rotatable bonds is 6. The van der Waals surface area contributed by atoms with Crippen molar-refractivity contribution in [1.29, 1.82) is 0 Å². The van der Waals surface area contributed by atoms with Crippen molar-refractivity contribution in [3.05, 3.63) is 23.5 Å². The Balaban J connectivity index is 2.68. The Kier molecular flexibility index (Phi) is 5.10. The molecule has 1 aromatic heterocycles. The summed E-state index contributed by atoms with van der Waals surface area (Å²) in [5.41, 5.74) is 0. The number of hydrogen-bond acceptors (Lipinski definition) is 5. The number of hydrogen-bond donors (Lipinski definition) is 1. The second-order valence-electron chi connectivity index (χ2n) is 2.72. The highest BCUT2D eigenvalue weighted by Crippen LogP contribution is 2.17. The first-order chi connectivity index (χ1) is 7.58. The first kappa shape index (κ1) is 13.3. The molecule has 0 unspecified atom stereocenters. The highest BCUT2D eigenvalue weighted by molar-refractivity contribution is 7.89. The van der Waals surface area contributed by atoms with Gasteiger partial charge in [-0.1, -0.05) is 16.5 Å². The lowest BCUT2D eigenvalue weighted by atomic mass is 10.5. The molecule has 0 amide bonds. The molecule has 0 radical (unpaired) electrons. The molecule has 0 aromatic carbocycles. The molecule has 6 nitrogen and oxygen atoms in total. The van der Waals surface area contributed by atoms with Gasteiger partial charge in [-0.15, -0.1) is 0 Å². The quantitative estimate of drug-likeness (QED) is 0.463. The van der Waals surface area contributed by atoms with E-state index in [0.717, 1.165) is 0 Å². The van der Waals surface area contributed by atoms with Gasteiger partial charge in [0.15, 0.2) is 0 Å². The zero-order valence-electron chi connectivity index (χ0n) is 8.51. The SMILES string of the molecule is COCCONS(=O)(=O)c1cccnc1Cl. The van der Waals surface area contributed by atoms with Crippen LogP contribution in [0, 0.1) is 0 Å². The normalized spacial score (nSPS) is 11.6. The zero-order valence-corrected chi connectivity index (χ0v) is 10.1. The molecule has 1 aromatic rings. The molecule has 1 N–H and O–H groups in total. The van der Waals surface area contributed by atoms with E-state index >= 15 is 0 Å². The summed E-state index contributed by atoms with van der Waals surface area (Å²) in [5.74, 6) is 0. The number of ether oxygens (including phenoxy) is 1. The van der Waals surface area contributed by atoms with Crippen molar-refractivity contribution in [2.75, 3.05) is 20.3 Å². The third-order valence-corrected chi connectivity index (χ3v) is 3.23. The lowest BCUT2D eigenvalue weighted by Crippen LogP contribution is -2.26. The molecular weight excluding hydrogens is 256 g/mol. The van der Waals surface area contributed by atoms with E-state index in [1.807, 2.05) is 4.89 Å². The number of aromatic nitrogens is 1. The van der Waals surface area contributed by atoms with Gasteiger partial charge in [0.1, 0.15) is 10.0 Å². The Bertz CT molecular complexity index is 437. The van der Waals surface area contributed by atoms with Crippen LogP contribution in [-0.4, -0.2) is 33.7 Å². The van der Waals surface area contributed by atoms with E-state index in [0.29, 0.717) is 0 Å². The molecule has 90 valence electrons. The largest absolute Gasteiger partial charge is 0.382 e. The van der Waals surface area contributed by atoms with Crippen molar-refractivity contribution in [2.24, 2.45) is 0 Å². The predicted molar refractivity (Wildman–Crippen MR) is 57.4 cm³/mol. The number of pyridine rings is 1. The van der Waals surface area contributed by atoms with Gasteiger partial charge >= 0.3 is 0 Å². The van der Waals surface area contributed by atoms with E-state index in [9.17, 15) is 8.42 Å². The Morgan fingerprint density at radius 1 is 1.50 bits per heavy atom. The highest BCUT2D eigenvalue weighted by atomic mass is 35.5. The van der Waals surface area contributed by atoms with Gasteiger partial charge in [0.25, 0.3) is 10.0 Å². The Hall–Kier alpha value is -0.730. The summed E-state index contributed by atoms with van der Waals surface area (Å²) in [5, 5.41) is -0.106. The van der Waals surface area contributed by atoms with Crippen molar-refractivity contribution in [3.8, 4) is 0 Å². The van der Waals surface area contributed by atoms with Crippen molar-refractivity contribution < 1.29 is 18.0 Å². The number of sulfonamides is 1. The number of nitrogens with one attached hydrogen (secondary N) is 1. The van der Waals surface area contributed by atoms with Crippen LogP contribution in [0.25, 0.3) is 0 Å². The molecule has 0 aliphatic carbocycles. The van der Waals surface area contributed by atoms with E-state index in [2.05, 4.69) is 9.72 Å². The molecule has 0 saturated carbocycles. The molecule has 0 fully saturated rings. The topological polar surface area (TPSA) is 77.5 Å². The van der Waals surface area contributed by atoms with E-state index in [4.69, 9.17) is 16.4 Å². The standard InChI is InChI=1S/C8H11ClN2O4S/c1-14-5-6-15-11-16(12,13)7-3-2-4-10-8(7)9/h2-4,11H,5-6H2,1H3. The minimum Gasteiger partial charge on any atom is -0.382 e. The van der Waals surface area contributed by atoms with E-state index < -0.39 is 10.0 Å². The van der Waals surface area contributed by atoms with Gasteiger partial charge in [-0.25, -0.2) is 13.4 Å². The predicted octanol–water partition coefficient (Wildman–Crippen LogP) is 0.591. The number of methoxy groups -OCH3 is 1. The fraction of sp³-hybridized carbons (Fsp3) is 0.375. The minimum absolute atomic E-state index is 0.105. The minimum atomic E-state index is -3.79. The first-order valence-corrected chi connectivity index (χ1v) is 6.17. The third-order valence-electron chi connectivity index (χ3n) is 1.57. The fourth-order valence-electron chi connectivity index (χ4n) is 0.861. The van der Waals surface area contributed by atoms with Gasteiger partial charge in [0.2, 0.25) is 0 Å². The van der Waals surface area contributed by atoms with Crippen LogP contribution in [0.1, 0.15) is 0 Å². The van der Waals surface area contributed by atoms with Gasteiger partial charge < -0.3 is 4.74 Å². The maximum Gasteiger partial charge on any atom is 0.265 e. The summed E-state index contributed by atoms with van der Waals surface area (Å²) in [6.45, 7) is 0.386. The van der Waals surface area contributed by atoms with Crippen LogP contribution in [0.3, 0.4) is 0 Å². The van der Waals surface area contributed by atoms with Crippen LogP contribution in [0.4, 0.5) is 0 Å². The lowest BCUT2D eigenvalue weighted by molar-refractivity contribution is 0.0438. The average molecular weight is 267 g/mol. The highest BCUT2D eigenvalue weighted by Gasteiger charge is 2.18. The van der Waals surface area contributed by atoms with Gasteiger partial charge in [0.05, 0.1) is 13.2 Å². The van der Waals surface area contributed by atoms with Crippen LogP contribution in [0.5, 0.6) is 0 Å². The van der Waals surface area contributed by atoms with Gasteiger partial charge in [-0.2, -0.15) is 0 Å². The molecule has 0 spiro atoms. The number of nitrogens with zero attached hydrogens (tertiary/aromatic N) is 1. The average Bonchev–Trinajstić information content (AvgIpc) is 2.25. The van der Waals surface area contributed by atoms with Crippen LogP contribution >= 0.6 is 11.6 Å². The van der Waals surface area contributed by atoms with Crippen LogP contribution < -0.4 is 4.89 Å². The second-order valence-corrected chi connectivity index (χ2v) is 4.69. The summed E-state index contributed by atoms with van der Waals surface area (Å²) in [7, 11) is -2.31. The first-order valence-electron chi connectivity index (χ1n) is 4.31. The second kappa shape index (κ2) is 6.12. The molecule has 16 heavy (non-hydrogen) atoms. The van der Waals surface area contributed by atoms with E-state index in [-0.39, 0.29) is 23.3 Å². The molecule has 0 aliphatic heterocycles. The van der Waals surface area contributed by atoms with E-state index in [1.54, 1.807) is 0 Å². The van der Waals surface area contributed by atoms with Gasteiger partial charge in [-0.05, 0) is 12.1 Å². The summed E-state index contributed by atoms with van der Waals surface area (Å²) < 4.78 is 27.9. The Morgan fingerprint density at radius 3 is 2.88 bits per heavy atom.